The molecule has 3 aromatic rings. The lowest BCUT2D eigenvalue weighted by molar-refractivity contribution is 0.102. The van der Waals surface area contributed by atoms with E-state index in [0.29, 0.717) is 10.8 Å². The minimum atomic E-state index is -0.600. The highest BCUT2D eigenvalue weighted by atomic mass is 35.5. The number of hydrogen-bond donors (Lipinski definition) is 1. The molecule has 0 saturated heterocycles. The Bertz CT molecular complexity index is 786. The summed E-state index contributed by atoms with van der Waals surface area (Å²) in [5.74, 6) is -0.515. The van der Waals surface area contributed by atoms with Gasteiger partial charge in [0.2, 0.25) is 0 Å². The number of nitrogens with zero attached hydrogens (tertiary/aromatic N) is 1. The molecule has 3 rings (SSSR count). The number of nitrogens with one attached hydrogen (secondary N) is 1. The van der Waals surface area contributed by atoms with Crippen LogP contribution < -0.4 is 5.32 Å². The van der Waals surface area contributed by atoms with Crippen molar-refractivity contribution in [1.29, 1.82) is 0 Å². The van der Waals surface area contributed by atoms with Crippen molar-refractivity contribution in [3.05, 3.63) is 58.5 Å². The second-order valence-corrected chi connectivity index (χ2v) is 5.39. The molecule has 0 atom stereocenters. The van der Waals surface area contributed by atoms with Crippen molar-refractivity contribution in [2.24, 2.45) is 0 Å². The number of hydrogen-bond acceptors (Lipinski definition) is 4. The second kappa shape index (κ2) is 5.67. The molecule has 0 radical (unpaired) electrons. The van der Waals surface area contributed by atoms with Crippen molar-refractivity contribution in [3.63, 3.8) is 0 Å². The number of carbonyl (C=O) groups is 1. The molecule has 0 fully saturated rings. The summed E-state index contributed by atoms with van der Waals surface area (Å²) in [7, 11) is 0. The molecule has 7 heteroatoms. The summed E-state index contributed by atoms with van der Waals surface area (Å²) < 4.78 is 18.8. The number of carbonyl (C=O) groups excluding carboxylic acids is 1. The summed E-state index contributed by atoms with van der Waals surface area (Å²) in [5.41, 5.74) is 0.248. The van der Waals surface area contributed by atoms with Gasteiger partial charge in [-0.05, 0) is 30.3 Å². The predicted molar refractivity (Wildman–Crippen MR) is 79.2 cm³/mol. The van der Waals surface area contributed by atoms with E-state index in [9.17, 15) is 9.18 Å². The highest BCUT2D eigenvalue weighted by Crippen LogP contribution is 2.25. The fourth-order valence-electron chi connectivity index (χ4n) is 1.67. The normalized spacial score (nSPS) is 10.6. The van der Waals surface area contributed by atoms with Crippen LogP contribution in [0.3, 0.4) is 0 Å². The Morgan fingerprint density at radius 3 is 2.95 bits per heavy atom. The monoisotopic (exact) mass is 322 g/mol. The van der Waals surface area contributed by atoms with E-state index in [1.54, 1.807) is 17.5 Å². The largest absolute Gasteiger partial charge is 0.462 e. The van der Waals surface area contributed by atoms with Crippen molar-refractivity contribution in [1.82, 2.24) is 4.98 Å². The summed E-state index contributed by atoms with van der Waals surface area (Å²) in [6, 6.07) is 7.51. The van der Waals surface area contributed by atoms with Crippen LogP contribution in [-0.2, 0) is 0 Å². The Balaban J connectivity index is 1.79. The van der Waals surface area contributed by atoms with E-state index in [0.717, 1.165) is 6.07 Å². The van der Waals surface area contributed by atoms with Crippen molar-refractivity contribution >= 4 is 34.5 Å². The van der Waals surface area contributed by atoms with Gasteiger partial charge in [-0.25, -0.2) is 9.37 Å². The van der Waals surface area contributed by atoms with Crippen LogP contribution in [0.1, 0.15) is 10.5 Å². The van der Waals surface area contributed by atoms with Crippen LogP contribution in [-0.4, -0.2) is 10.9 Å². The smallest absolute Gasteiger partial charge is 0.275 e. The van der Waals surface area contributed by atoms with Gasteiger partial charge in [0.15, 0.2) is 10.8 Å². The maximum absolute atomic E-state index is 13.6. The highest BCUT2D eigenvalue weighted by molar-refractivity contribution is 7.13. The minimum Gasteiger partial charge on any atom is -0.462 e. The zero-order valence-corrected chi connectivity index (χ0v) is 12.0. The van der Waals surface area contributed by atoms with E-state index >= 15 is 0 Å². The summed E-state index contributed by atoms with van der Waals surface area (Å²) >= 11 is 6.93. The van der Waals surface area contributed by atoms with Crippen LogP contribution in [0.2, 0.25) is 5.02 Å². The quantitative estimate of drug-likeness (QED) is 0.775. The average Bonchev–Trinajstić information content (AvgIpc) is 3.10. The molecule has 4 nitrogen and oxygen atoms in total. The molecular weight excluding hydrogens is 315 g/mol. The molecule has 0 unspecified atom stereocenters. The summed E-state index contributed by atoms with van der Waals surface area (Å²) in [6.45, 7) is 0. The zero-order valence-electron chi connectivity index (χ0n) is 10.5. The maximum Gasteiger partial charge on any atom is 0.275 e. The Morgan fingerprint density at radius 1 is 1.38 bits per heavy atom. The van der Waals surface area contributed by atoms with Crippen LogP contribution >= 0.6 is 22.9 Å². The summed E-state index contributed by atoms with van der Waals surface area (Å²) in [6.07, 6.45) is 1.53. The lowest BCUT2D eigenvalue weighted by Gasteiger charge is -2.04. The van der Waals surface area contributed by atoms with Crippen molar-refractivity contribution < 1.29 is 13.6 Å². The fourth-order valence-corrected chi connectivity index (χ4v) is 2.59. The SMILES string of the molecule is O=C(Nc1ccc(Cl)cc1F)c1csc(-c2ccco2)n1. The van der Waals surface area contributed by atoms with E-state index in [2.05, 4.69) is 10.3 Å². The number of rotatable bonds is 3. The first-order valence-electron chi connectivity index (χ1n) is 5.89. The van der Waals surface area contributed by atoms with Crippen molar-refractivity contribution in [2.45, 2.75) is 0 Å². The number of aromatic nitrogens is 1. The topological polar surface area (TPSA) is 55.1 Å². The highest BCUT2D eigenvalue weighted by Gasteiger charge is 2.15. The lowest BCUT2D eigenvalue weighted by atomic mass is 10.3. The molecule has 0 aliphatic carbocycles. The number of halogens is 2. The summed E-state index contributed by atoms with van der Waals surface area (Å²) in [4.78, 5) is 16.2. The van der Waals surface area contributed by atoms with Gasteiger partial charge in [-0.15, -0.1) is 11.3 Å². The van der Waals surface area contributed by atoms with E-state index < -0.39 is 11.7 Å². The minimum absolute atomic E-state index is 0.0527. The summed E-state index contributed by atoms with van der Waals surface area (Å²) in [5, 5.41) is 4.89. The molecule has 0 spiro atoms. The van der Waals surface area contributed by atoms with E-state index in [1.165, 1.54) is 29.7 Å². The second-order valence-electron chi connectivity index (χ2n) is 4.09. The van der Waals surface area contributed by atoms with Crippen LogP contribution in [0.5, 0.6) is 0 Å². The van der Waals surface area contributed by atoms with Crippen molar-refractivity contribution in [3.8, 4) is 10.8 Å². The van der Waals surface area contributed by atoms with Gasteiger partial charge in [0, 0.05) is 10.4 Å². The molecule has 106 valence electrons. The Labute approximate surface area is 128 Å². The first-order chi connectivity index (χ1) is 10.1. The molecular formula is C14H8ClFN2O2S. The van der Waals surface area contributed by atoms with E-state index in [-0.39, 0.29) is 16.4 Å². The van der Waals surface area contributed by atoms with Gasteiger partial charge in [0.05, 0.1) is 12.0 Å². The number of benzene rings is 1. The van der Waals surface area contributed by atoms with Gasteiger partial charge in [-0.1, -0.05) is 11.6 Å². The Hall–Kier alpha value is -2.18. The van der Waals surface area contributed by atoms with E-state index in [1.807, 2.05) is 0 Å². The number of anilines is 1. The molecule has 21 heavy (non-hydrogen) atoms. The third-order valence-electron chi connectivity index (χ3n) is 2.65. The van der Waals surface area contributed by atoms with Crippen LogP contribution in [0.25, 0.3) is 10.8 Å². The third-order valence-corrected chi connectivity index (χ3v) is 3.74. The predicted octanol–water partition coefficient (Wildman–Crippen LogP) is 4.45. The van der Waals surface area contributed by atoms with Gasteiger partial charge in [-0.3, -0.25) is 4.79 Å². The number of thiazole rings is 1. The lowest BCUT2D eigenvalue weighted by Crippen LogP contribution is -2.13. The molecule has 0 bridgehead atoms. The van der Waals surface area contributed by atoms with Gasteiger partial charge in [0.25, 0.3) is 5.91 Å². The molecule has 2 heterocycles. The Morgan fingerprint density at radius 2 is 2.24 bits per heavy atom. The molecule has 0 aliphatic heterocycles. The first kappa shape index (κ1) is 13.8. The molecule has 1 N–H and O–H groups in total. The van der Waals surface area contributed by atoms with Crippen LogP contribution in [0.15, 0.2) is 46.4 Å². The van der Waals surface area contributed by atoms with Crippen molar-refractivity contribution in [2.75, 3.05) is 5.32 Å². The number of furan rings is 1. The molecule has 0 saturated carbocycles. The van der Waals surface area contributed by atoms with Gasteiger partial charge in [-0.2, -0.15) is 0 Å². The molecule has 1 aromatic carbocycles. The fraction of sp³-hybridized carbons (Fsp3) is 0. The van der Waals surface area contributed by atoms with Gasteiger partial charge in [0.1, 0.15) is 11.5 Å². The molecule has 0 aliphatic rings. The van der Waals surface area contributed by atoms with Crippen LogP contribution in [0.4, 0.5) is 10.1 Å². The average molecular weight is 323 g/mol. The zero-order chi connectivity index (χ0) is 14.8. The van der Waals surface area contributed by atoms with Crippen LogP contribution in [0, 0.1) is 5.82 Å². The standard InChI is InChI=1S/C14H8ClFN2O2S/c15-8-3-4-10(9(16)6-8)17-13(19)11-7-21-14(18-11)12-2-1-5-20-12/h1-7H,(H,17,19). The third kappa shape index (κ3) is 2.96. The first-order valence-corrected chi connectivity index (χ1v) is 7.15. The Kier molecular flexibility index (Phi) is 3.72. The maximum atomic E-state index is 13.6. The molecule has 1 amide bonds. The van der Waals surface area contributed by atoms with Gasteiger partial charge < -0.3 is 9.73 Å². The van der Waals surface area contributed by atoms with Gasteiger partial charge >= 0.3 is 0 Å². The van der Waals surface area contributed by atoms with E-state index in [4.69, 9.17) is 16.0 Å². The number of amides is 1. The molecule has 2 aromatic heterocycles.